The van der Waals surface area contributed by atoms with Crippen LogP contribution in [0.15, 0.2) is 35.4 Å². The zero-order valence-corrected chi connectivity index (χ0v) is 8.55. The van der Waals surface area contributed by atoms with Gasteiger partial charge in [-0.2, -0.15) is 5.10 Å². The summed E-state index contributed by atoms with van der Waals surface area (Å²) in [6.07, 6.45) is 0.233. The molecule has 1 atom stereocenters. The van der Waals surface area contributed by atoms with Crippen molar-refractivity contribution in [2.24, 2.45) is 10.8 Å². The zero-order chi connectivity index (χ0) is 10.8. The van der Waals surface area contributed by atoms with Crippen LogP contribution in [0.25, 0.3) is 0 Å². The predicted molar refractivity (Wildman–Crippen MR) is 57.9 cm³/mol. The summed E-state index contributed by atoms with van der Waals surface area (Å²) < 4.78 is 0. The van der Waals surface area contributed by atoms with Gasteiger partial charge < -0.3 is 5.73 Å². The van der Waals surface area contributed by atoms with E-state index in [4.69, 9.17) is 5.73 Å². The molecule has 0 fully saturated rings. The largest absolute Gasteiger partial charge is 0.385 e. The van der Waals surface area contributed by atoms with Gasteiger partial charge in [-0.1, -0.05) is 30.3 Å². The second-order valence-electron chi connectivity index (χ2n) is 3.59. The highest BCUT2D eigenvalue weighted by molar-refractivity contribution is 6.03. The Balaban J connectivity index is 2.22. The minimum absolute atomic E-state index is 0.0381. The third kappa shape index (κ3) is 1.83. The molecule has 1 aromatic rings. The van der Waals surface area contributed by atoms with Gasteiger partial charge >= 0.3 is 0 Å². The lowest BCUT2D eigenvalue weighted by molar-refractivity contribution is -0.130. The molecule has 0 aliphatic carbocycles. The molecule has 0 saturated carbocycles. The van der Waals surface area contributed by atoms with Gasteiger partial charge in [0.15, 0.2) is 0 Å². The second kappa shape index (κ2) is 3.73. The Labute approximate surface area is 88.4 Å². The number of amidine groups is 1. The number of carbonyl (C=O) groups is 1. The van der Waals surface area contributed by atoms with Gasteiger partial charge in [0.2, 0.25) is 0 Å². The van der Waals surface area contributed by atoms with Crippen LogP contribution in [-0.4, -0.2) is 16.8 Å². The molecule has 4 nitrogen and oxygen atoms in total. The van der Waals surface area contributed by atoms with E-state index in [1.165, 1.54) is 5.01 Å². The number of carbonyl (C=O) groups excluding carboxylic acids is 1. The molecule has 1 aromatic carbocycles. The monoisotopic (exact) mass is 203 g/mol. The van der Waals surface area contributed by atoms with Crippen molar-refractivity contribution in [2.45, 2.75) is 19.4 Å². The van der Waals surface area contributed by atoms with Crippen molar-refractivity contribution in [3.8, 4) is 0 Å². The molecule has 1 unspecified atom stereocenters. The first kappa shape index (κ1) is 9.71. The summed E-state index contributed by atoms with van der Waals surface area (Å²) in [4.78, 5) is 11.5. The highest BCUT2D eigenvalue weighted by atomic mass is 16.2. The van der Waals surface area contributed by atoms with Crippen LogP contribution in [0, 0.1) is 0 Å². The van der Waals surface area contributed by atoms with Gasteiger partial charge in [0.05, 0.1) is 12.5 Å². The maximum absolute atomic E-state index is 11.5. The third-order valence-electron chi connectivity index (χ3n) is 2.47. The highest BCUT2D eigenvalue weighted by Gasteiger charge is 2.27. The quantitative estimate of drug-likeness (QED) is 0.786. The molecule has 15 heavy (non-hydrogen) atoms. The highest BCUT2D eigenvalue weighted by Crippen LogP contribution is 2.23. The number of nitrogens with two attached hydrogens (primary N) is 1. The van der Waals surface area contributed by atoms with Crippen LogP contribution >= 0.6 is 0 Å². The Morgan fingerprint density at radius 2 is 2.07 bits per heavy atom. The molecule has 78 valence electrons. The normalized spacial score (nSPS) is 17.8. The van der Waals surface area contributed by atoms with Crippen LogP contribution in [0.1, 0.15) is 24.9 Å². The molecule has 1 aliphatic heterocycles. The van der Waals surface area contributed by atoms with Crippen molar-refractivity contribution in [2.75, 3.05) is 0 Å². The number of benzene rings is 1. The van der Waals surface area contributed by atoms with Gasteiger partial charge in [-0.05, 0) is 12.5 Å². The van der Waals surface area contributed by atoms with Crippen LogP contribution in [0.5, 0.6) is 0 Å². The van der Waals surface area contributed by atoms with Crippen LogP contribution in [0.3, 0.4) is 0 Å². The predicted octanol–water partition coefficient (Wildman–Crippen LogP) is 1.25. The summed E-state index contributed by atoms with van der Waals surface area (Å²) >= 11 is 0. The van der Waals surface area contributed by atoms with E-state index in [0.717, 1.165) is 5.56 Å². The van der Waals surface area contributed by atoms with Gasteiger partial charge in [-0.25, -0.2) is 5.01 Å². The second-order valence-corrected chi connectivity index (χ2v) is 3.59. The molecule has 0 spiro atoms. The summed E-state index contributed by atoms with van der Waals surface area (Å²) in [5.41, 5.74) is 6.58. The average molecular weight is 203 g/mol. The molecule has 1 heterocycles. The summed E-state index contributed by atoms with van der Waals surface area (Å²) in [7, 11) is 0. The molecule has 0 aromatic heterocycles. The average Bonchev–Trinajstić information content (AvgIpc) is 2.58. The van der Waals surface area contributed by atoms with Gasteiger partial charge in [0, 0.05) is 0 Å². The van der Waals surface area contributed by atoms with E-state index in [1.54, 1.807) is 0 Å². The van der Waals surface area contributed by atoms with E-state index in [1.807, 2.05) is 37.3 Å². The summed E-state index contributed by atoms with van der Waals surface area (Å²) in [5.74, 6) is 0.353. The van der Waals surface area contributed by atoms with E-state index < -0.39 is 0 Å². The zero-order valence-electron chi connectivity index (χ0n) is 8.55. The first-order valence-corrected chi connectivity index (χ1v) is 4.88. The van der Waals surface area contributed by atoms with E-state index in [-0.39, 0.29) is 18.4 Å². The Kier molecular flexibility index (Phi) is 2.41. The Morgan fingerprint density at radius 3 is 2.60 bits per heavy atom. The van der Waals surface area contributed by atoms with Crippen LogP contribution in [0.4, 0.5) is 0 Å². The molecule has 1 aliphatic rings. The maximum atomic E-state index is 11.5. The molecule has 0 radical (unpaired) electrons. The minimum atomic E-state index is -0.0558. The van der Waals surface area contributed by atoms with Gasteiger partial charge in [0.25, 0.3) is 5.91 Å². The van der Waals surface area contributed by atoms with Gasteiger partial charge in [-0.3, -0.25) is 4.79 Å². The molecule has 1 amide bonds. The fraction of sp³-hybridized carbons (Fsp3) is 0.273. The molecule has 2 N–H and O–H groups in total. The molecule has 0 bridgehead atoms. The van der Waals surface area contributed by atoms with Crippen molar-refractivity contribution < 1.29 is 4.79 Å². The maximum Gasteiger partial charge on any atom is 0.250 e. The Bertz CT molecular complexity index is 400. The van der Waals surface area contributed by atoms with Crippen LogP contribution < -0.4 is 5.73 Å². The molecule has 0 saturated heterocycles. The number of amides is 1. The Hall–Kier alpha value is -1.84. The fourth-order valence-electron chi connectivity index (χ4n) is 1.64. The number of nitrogens with zero attached hydrogens (tertiary/aromatic N) is 2. The lowest BCUT2D eigenvalue weighted by atomic mass is 10.1. The number of hydrazone groups is 1. The smallest absolute Gasteiger partial charge is 0.250 e. The molecule has 4 heteroatoms. The van der Waals surface area contributed by atoms with Crippen molar-refractivity contribution in [1.29, 1.82) is 0 Å². The summed E-state index contributed by atoms with van der Waals surface area (Å²) in [5, 5.41) is 5.47. The number of rotatable bonds is 2. The van der Waals surface area contributed by atoms with Crippen molar-refractivity contribution in [3.05, 3.63) is 35.9 Å². The minimum Gasteiger partial charge on any atom is -0.385 e. The van der Waals surface area contributed by atoms with E-state index in [2.05, 4.69) is 5.10 Å². The fourth-order valence-corrected chi connectivity index (χ4v) is 1.64. The first-order chi connectivity index (χ1) is 7.18. The molecule has 2 rings (SSSR count). The lowest BCUT2D eigenvalue weighted by Gasteiger charge is -2.20. The standard InChI is InChI=1S/C11H13N3O/c1-8(9-5-3-2-4-6-9)14-11(15)7-10(12)13-14/h2-6,8H,7H2,1H3,(H2,12,13). The van der Waals surface area contributed by atoms with Crippen LogP contribution in [0.2, 0.25) is 0 Å². The lowest BCUT2D eigenvalue weighted by Crippen LogP contribution is -2.24. The van der Waals surface area contributed by atoms with Gasteiger partial charge in [-0.15, -0.1) is 0 Å². The van der Waals surface area contributed by atoms with E-state index in [9.17, 15) is 4.79 Å². The molecular weight excluding hydrogens is 190 g/mol. The van der Waals surface area contributed by atoms with E-state index in [0.29, 0.717) is 5.84 Å². The van der Waals surface area contributed by atoms with E-state index >= 15 is 0 Å². The third-order valence-corrected chi connectivity index (χ3v) is 2.47. The first-order valence-electron chi connectivity index (χ1n) is 4.88. The SMILES string of the molecule is CC(c1ccccc1)N1N=C(N)CC1=O. The number of hydrogen-bond donors (Lipinski definition) is 1. The van der Waals surface area contributed by atoms with Gasteiger partial charge in [0.1, 0.15) is 5.84 Å². The molecular formula is C11H13N3O. The van der Waals surface area contributed by atoms with Crippen molar-refractivity contribution >= 4 is 11.7 Å². The number of hydrogen-bond acceptors (Lipinski definition) is 3. The van der Waals surface area contributed by atoms with Crippen molar-refractivity contribution in [1.82, 2.24) is 5.01 Å². The van der Waals surface area contributed by atoms with Crippen LogP contribution in [-0.2, 0) is 4.79 Å². The Morgan fingerprint density at radius 1 is 1.40 bits per heavy atom. The summed E-state index contributed by atoms with van der Waals surface area (Å²) in [6, 6.07) is 9.72. The topological polar surface area (TPSA) is 58.7 Å². The van der Waals surface area contributed by atoms with Crippen molar-refractivity contribution in [3.63, 3.8) is 0 Å². The summed E-state index contributed by atoms with van der Waals surface area (Å²) in [6.45, 7) is 1.94.